The lowest BCUT2D eigenvalue weighted by Gasteiger charge is -2.13. The number of benzene rings is 1. The Labute approximate surface area is 140 Å². The fraction of sp³-hybridized carbons (Fsp3) is 0.231. The van der Waals surface area contributed by atoms with Crippen molar-refractivity contribution in [2.45, 2.75) is 12.4 Å². The molecule has 0 radical (unpaired) electrons. The molecule has 0 bridgehead atoms. The van der Waals surface area contributed by atoms with Crippen molar-refractivity contribution < 1.29 is 26.3 Å². The molecule has 2 rings (SSSR count). The van der Waals surface area contributed by atoms with E-state index < -0.39 is 24.6 Å². The third kappa shape index (κ3) is 5.55. The highest BCUT2D eigenvalue weighted by atomic mass is 79.9. The quantitative estimate of drug-likeness (QED) is 0.693. The largest absolute Gasteiger partial charge is 0.433 e. The molecular formula is C13H9BrF6N4. The maximum absolute atomic E-state index is 12.6. The van der Waals surface area contributed by atoms with Gasteiger partial charge >= 0.3 is 12.4 Å². The molecule has 1 aromatic heterocycles. The van der Waals surface area contributed by atoms with E-state index in [0.717, 1.165) is 6.20 Å². The number of rotatable bonds is 4. The van der Waals surface area contributed by atoms with Crippen LogP contribution < -0.4 is 10.6 Å². The summed E-state index contributed by atoms with van der Waals surface area (Å²) >= 11 is 3.11. The minimum Gasteiger partial charge on any atom is -0.376 e. The fourth-order valence-corrected chi connectivity index (χ4v) is 2.17. The molecule has 0 atom stereocenters. The first kappa shape index (κ1) is 18.3. The van der Waals surface area contributed by atoms with Gasteiger partial charge in [-0.1, -0.05) is 15.9 Å². The van der Waals surface area contributed by atoms with Crippen molar-refractivity contribution in [2.75, 3.05) is 17.2 Å². The summed E-state index contributed by atoms with van der Waals surface area (Å²) in [6, 6.07) is 4.86. The van der Waals surface area contributed by atoms with Gasteiger partial charge in [0.1, 0.15) is 12.2 Å². The molecule has 0 aliphatic carbocycles. The summed E-state index contributed by atoms with van der Waals surface area (Å²) in [6.07, 6.45) is -8.10. The third-order valence-corrected chi connectivity index (χ3v) is 3.05. The van der Waals surface area contributed by atoms with Crippen LogP contribution in [-0.2, 0) is 6.18 Å². The lowest BCUT2D eigenvalue weighted by molar-refractivity contribution is -0.141. The maximum Gasteiger partial charge on any atom is 0.433 e. The smallest absolute Gasteiger partial charge is 0.376 e. The molecular weight excluding hydrogens is 406 g/mol. The Morgan fingerprint density at radius 2 is 1.67 bits per heavy atom. The molecule has 0 saturated heterocycles. The van der Waals surface area contributed by atoms with E-state index in [9.17, 15) is 26.3 Å². The first-order valence-corrected chi connectivity index (χ1v) is 7.11. The molecule has 1 heterocycles. The van der Waals surface area contributed by atoms with Crippen LogP contribution in [0.3, 0.4) is 0 Å². The van der Waals surface area contributed by atoms with Gasteiger partial charge in [0.2, 0.25) is 5.95 Å². The van der Waals surface area contributed by atoms with Gasteiger partial charge in [-0.2, -0.15) is 26.3 Å². The summed E-state index contributed by atoms with van der Waals surface area (Å²) < 4.78 is 74.9. The second-order valence-corrected chi connectivity index (χ2v) is 5.50. The van der Waals surface area contributed by atoms with Crippen LogP contribution in [0.15, 0.2) is 34.9 Å². The second-order valence-electron chi connectivity index (χ2n) is 4.59. The van der Waals surface area contributed by atoms with Crippen LogP contribution in [0.25, 0.3) is 0 Å². The number of hydrogen-bond donors (Lipinski definition) is 2. The number of alkyl halides is 6. The normalized spacial score (nSPS) is 12.1. The molecule has 2 N–H and O–H groups in total. The summed E-state index contributed by atoms with van der Waals surface area (Å²) in [5, 5.41) is 4.69. The molecule has 24 heavy (non-hydrogen) atoms. The Bertz CT molecular complexity index is 716. The van der Waals surface area contributed by atoms with Gasteiger partial charge in [0, 0.05) is 22.0 Å². The summed E-state index contributed by atoms with van der Waals surface area (Å²) in [5.41, 5.74) is -0.796. The molecule has 4 nitrogen and oxygen atoms in total. The Balaban J connectivity index is 2.19. The zero-order valence-electron chi connectivity index (χ0n) is 11.6. The summed E-state index contributed by atoms with van der Waals surface area (Å²) in [6.45, 7) is -1.25. The van der Waals surface area contributed by atoms with Crippen molar-refractivity contribution in [1.29, 1.82) is 0 Å². The highest BCUT2D eigenvalue weighted by molar-refractivity contribution is 9.10. The Morgan fingerprint density at radius 1 is 1.00 bits per heavy atom. The average molecular weight is 415 g/mol. The predicted molar refractivity (Wildman–Crippen MR) is 79.0 cm³/mol. The predicted octanol–water partition coefficient (Wildman–Crippen LogP) is 4.98. The van der Waals surface area contributed by atoms with Crippen LogP contribution in [-0.4, -0.2) is 22.7 Å². The minimum absolute atomic E-state index is 0.121. The van der Waals surface area contributed by atoms with Gasteiger partial charge in [-0.3, -0.25) is 0 Å². The molecule has 0 aliphatic rings. The van der Waals surface area contributed by atoms with Gasteiger partial charge in [0.05, 0.1) is 0 Å². The van der Waals surface area contributed by atoms with Gasteiger partial charge in [-0.25, -0.2) is 9.97 Å². The van der Waals surface area contributed by atoms with Crippen molar-refractivity contribution in [3.05, 3.63) is 40.6 Å². The van der Waals surface area contributed by atoms with Gasteiger partial charge in [-0.05, 0) is 24.3 Å². The van der Waals surface area contributed by atoms with Crippen molar-refractivity contribution >= 4 is 33.3 Å². The number of anilines is 3. The second kappa shape index (κ2) is 6.83. The van der Waals surface area contributed by atoms with Gasteiger partial charge in [-0.15, -0.1) is 0 Å². The van der Waals surface area contributed by atoms with E-state index in [1.165, 1.54) is 18.2 Å². The lowest BCUT2D eigenvalue weighted by atomic mass is 10.2. The minimum atomic E-state index is -4.63. The highest BCUT2D eigenvalue weighted by Crippen LogP contribution is 2.29. The number of nitrogens with zero attached hydrogens (tertiary/aromatic N) is 2. The van der Waals surface area contributed by atoms with Crippen LogP contribution in [0, 0.1) is 0 Å². The SMILES string of the molecule is FC(F)(F)CNc1cc(Br)cc(Nc2nccc(C(F)(F)F)n2)c1. The first-order valence-electron chi connectivity index (χ1n) is 6.31. The Morgan fingerprint density at radius 3 is 2.29 bits per heavy atom. The molecule has 11 heteroatoms. The van der Waals surface area contributed by atoms with Crippen molar-refractivity contribution in [2.24, 2.45) is 0 Å². The molecule has 1 aromatic carbocycles. The average Bonchev–Trinajstić information content (AvgIpc) is 2.43. The van der Waals surface area contributed by atoms with E-state index in [-0.39, 0.29) is 17.3 Å². The Hall–Kier alpha value is -2.04. The molecule has 0 spiro atoms. The van der Waals surface area contributed by atoms with E-state index in [1.54, 1.807) is 0 Å². The van der Waals surface area contributed by atoms with Crippen molar-refractivity contribution in [3.8, 4) is 0 Å². The highest BCUT2D eigenvalue weighted by Gasteiger charge is 2.32. The van der Waals surface area contributed by atoms with Crippen LogP contribution in [0.1, 0.15) is 5.69 Å². The van der Waals surface area contributed by atoms with Crippen molar-refractivity contribution in [3.63, 3.8) is 0 Å². The van der Waals surface area contributed by atoms with Gasteiger partial charge in [0.25, 0.3) is 0 Å². The van der Waals surface area contributed by atoms with Crippen LogP contribution in [0.2, 0.25) is 0 Å². The van der Waals surface area contributed by atoms with E-state index in [2.05, 4.69) is 36.5 Å². The topological polar surface area (TPSA) is 49.8 Å². The Kier molecular flexibility index (Phi) is 5.21. The molecule has 0 unspecified atom stereocenters. The number of nitrogens with one attached hydrogen (secondary N) is 2. The van der Waals surface area contributed by atoms with E-state index in [0.29, 0.717) is 10.5 Å². The fourth-order valence-electron chi connectivity index (χ4n) is 1.67. The molecule has 130 valence electrons. The summed E-state index contributed by atoms with van der Waals surface area (Å²) in [5.74, 6) is -0.329. The van der Waals surface area contributed by atoms with Crippen LogP contribution >= 0.6 is 15.9 Å². The molecule has 0 aliphatic heterocycles. The van der Waals surface area contributed by atoms with E-state index >= 15 is 0 Å². The van der Waals surface area contributed by atoms with E-state index in [1.807, 2.05) is 0 Å². The number of halogens is 7. The summed E-state index contributed by atoms with van der Waals surface area (Å²) in [7, 11) is 0. The van der Waals surface area contributed by atoms with Crippen LogP contribution in [0.4, 0.5) is 43.7 Å². The number of hydrogen-bond acceptors (Lipinski definition) is 4. The maximum atomic E-state index is 12.6. The third-order valence-electron chi connectivity index (χ3n) is 2.59. The molecule has 0 fully saturated rings. The van der Waals surface area contributed by atoms with Crippen LogP contribution in [0.5, 0.6) is 0 Å². The van der Waals surface area contributed by atoms with E-state index in [4.69, 9.17) is 0 Å². The zero-order valence-corrected chi connectivity index (χ0v) is 13.2. The summed E-state index contributed by atoms with van der Waals surface area (Å²) in [4.78, 5) is 6.98. The van der Waals surface area contributed by atoms with Gasteiger partial charge in [0.15, 0.2) is 0 Å². The standard InChI is InChI=1S/C13H9BrF6N4/c14-7-3-8(22-6-12(15,16)17)5-9(4-7)23-11-21-2-1-10(24-11)13(18,19)20/h1-5,22H,6H2,(H,21,23,24). The first-order chi connectivity index (χ1) is 11.0. The molecule has 2 aromatic rings. The van der Waals surface area contributed by atoms with Gasteiger partial charge < -0.3 is 10.6 Å². The molecule has 0 amide bonds. The zero-order chi connectivity index (χ0) is 18.0. The molecule has 0 saturated carbocycles. The van der Waals surface area contributed by atoms with Crippen molar-refractivity contribution in [1.82, 2.24) is 9.97 Å². The lowest BCUT2D eigenvalue weighted by Crippen LogP contribution is -2.21. The monoisotopic (exact) mass is 414 g/mol. The number of aromatic nitrogens is 2.